The first-order chi connectivity index (χ1) is 4.10. The zero-order valence-corrected chi connectivity index (χ0v) is 5.68. The van der Waals surface area contributed by atoms with Crippen molar-refractivity contribution in [2.24, 2.45) is 0 Å². The van der Waals surface area contributed by atoms with Gasteiger partial charge in [0.1, 0.15) is 6.26 Å². The summed E-state index contributed by atoms with van der Waals surface area (Å²) in [6.07, 6.45) is 2.74. The molecule has 0 saturated carbocycles. The minimum absolute atomic E-state index is 0.682. The SMILES string of the molecule is CC1=CS(=O)(=O)OC=C1. The van der Waals surface area contributed by atoms with Crippen molar-refractivity contribution in [3.8, 4) is 0 Å². The van der Waals surface area contributed by atoms with Gasteiger partial charge in [-0.25, -0.2) is 0 Å². The lowest BCUT2D eigenvalue weighted by atomic mass is 10.3. The molecular formula is C5H6O3S. The average Bonchev–Trinajstić information content (AvgIpc) is 1.60. The largest absolute Gasteiger partial charge is 0.387 e. The lowest BCUT2D eigenvalue weighted by Crippen LogP contribution is -2.00. The van der Waals surface area contributed by atoms with Crippen molar-refractivity contribution in [1.29, 1.82) is 0 Å². The van der Waals surface area contributed by atoms with Crippen LogP contribution in [0.5, 0.6) is 0 Å². The van der Waals surface area contributed by atoms with E-state index in [4.69, 9.17) is 0 Å². The van der Waals surface area contributed by atoms with E-state index < -0.39 is 10.1 Å². The quantitative estimate of drug-likeness (QED) is 0.474. The third-order valence-corrected chi connectivity index (χ3v) is 1.89. The smallest absolute Gasteiger partial charge is 0.331 e. The fraction of sp³-hybridized carbons (Fsp3) is 0.200. The number of rotatable bonds is 0. The Hall–Kier alpha value is -0.770. The molecular weight excluding hydrogens is 140 g/mol. The molecule has 0 atom stereocenters. The van der Waals surface area contributed by atoms with Crippen LogP contribution < -0.4 is 0 Å². The van der Waals surface area contributed by atoms with E-state index in [1.165, 1.54) is 0 Å². The normalized spacial score (nSPS) is 22.6. The molecule has 0 bridgehead atoms. The first-order valence-corrected chi connectivity index (χ1v) is 3.85. The van der Waals surface area contributed by atoms with Gasteiger partial charge >= 0.3 is 10.1 Å². The van der Waals surface area contributed by atoms with E-state index in [0.29, 0.717) is 5.57 Å². The summed E-state index contributed by atoms with van der Waals surface area (Å²) in [6.45, 7) is 1.69. The Morgan fingerprint density at radius 1 is 1.56 bits per heavy atom. The van der Waals surface area contributed by atoms with E-state index in [0.717, 1.165) is 11.7 Å². The summed E-state index contributed by atoms with van der Waals surface area (Å²) >= 11 is 0. The van der Waals surface area contributed by atoms with Crippen molar-refractivity contribution in [1.82, 2.24) is 0 Å². The van der Waals surface area contributed by atoms with Gasteiger partial charge in [-0.2, -0.15) is 8.42 Å². The van der Waals surface area contributed by atoms with Crippen LogP contribution in [-0.2, 0) is 14.3 Å². The van der Waals surface area contributed by atoms with Gasteiger partial charge in [-0.05, 0) is 18.6 Å². The van der Waals surface area contributed by atoms with Crippen molar-refractivity contribution in [3.05, 3.63) is 23.3 Å². The van der Waals surface area contributed by atoms with Crippen LogP contribution in [0.4, 0.5) is 0 Å². The van der Waals surface area contributed by atoms with Gasteiger partial charge in [0.25, 0.3) is 0 Å². The molecule has 1 aliphatic heterocycles. The lowest BCUT2D eigenvalue weighted by molar-refractivity contribution is 0.450. The molecule has 3 nitrogen and oxygen atoms in total. The molecule has 4 heteroatoms. The Kier molecular flexibility index (Phi) is 1.32. The molecule has 0 aromatic rings. The van der Waals surface area contributed by atoms with Gasteiger partial charge in [-0.1, -0.05) is 0 Å². The van der Waals surface area contributed by atoms with Crippen molar-refractivity contribution in [2.75, 3.05) is 0 Å². The number of hydrogen-bond acceptors (Lipinski definition) is 3. The molecule has 0 aliphatic carbocycles. The molecule has 0 amide bonds. The van der Waals surface area contributed by atoms with E-state index in [9.17, 15) is 8.42 Å². The fourth-order valence-electron chi connectivity index (χ4n) is 0.507. The molecule has 0 aromatic carbocycles. The average molecular weight is 146 g/mol. The molecule has 0 fully saturated rings. The van der Waals surface area contributed by atoms with Gasteiger partial charge < -0.3 is 4.18 Å². The van der Waals surface area contributed by atoms with E-state index in [1.807, 2.05) is 0 Å². The van der Waals surface area contributed by atoms with Crippen LogP contribution in [0.15, 0.2) is 23.3 Å². The summed E-state index contributed by atoms with van der Waals surface area (Å²) in [7, 11) is -3.38. The number of allylic oxidation sites excluding steroid dienone is 2. The second-order valence-corrected chi connectivity index (χ2v) is 3.17. The highest BCUT2D eigenvalue weighted by Gasteiger charge is 2.07. The summed E-state index contributed by atoms with van der Waals surface area (Å²) in [5.41, 5.74) is 0.682. The molecule has 1 rings (SSSR count). The minimum atomic E-state index is -3.38. The predicted octanol–water partition coefficient (Wildman–Crippen LogP) is 0.764. The van der Waals surface area contributed by atoms with Gasteiger partial charge in [-0.15, -0.1) is 0 Å². The molecule has 0 aromatic heterocycles. The zero-order chi connectivity index (χ0) is 6.91. The molecule has 0 saturated heterocycles. The maximum atomic E-state index is 10.5. The molecule has 1 aliphatic rings. The summed E-state index contributed by atoms with van der Waals surface area (Å²) in [4.78, 5) is 0. The Morgan fingerprint density at radius 3 is 2.56 bits per heavy atom. The highest BCUT2D eigenvalue weighted by Crippen LogP contribution is 2.08. The fourth-order valence-corrected chi connectivity index (χ4v) is 1.31. The van der Waals surface area contributed by atoms with Crippen LogP contribution in [0.25, 0.3) is 0 Å². The summed E-state index contributed by atoms with van der Waals surface area (Å²) in [5.74, 6) is 0. The van der Waals surface area contributed by atoms with Crippen molar-refractivity contribution in [3.63, 3.8) is 0 Å². The minimum Gasteiger partial charge on any atom is -0.387 e. The molecule has 0 unspecified atom stereocenters. The van der Waals surface area contributed by atoms with Gasteiger partial charge in [0.05, 0.1) is 5.41 Å². The van der Waals surface area contributed by atoms with Crippen LogP contribution in [0, 0.1) is 0 Å². The molecule has 1 heterocycles. The second kappa shape index (κ2) is 1.88. The van der Waals surface area contributed by atoms with E-state index >= 15 is 0 Å². The standard InChI is InChI=1S/C5H6O3S/c1-5-2-3-8-9(6,7)4-5/h2-4H,1H3. The van der Waals surface area contributed by atoms with Crippen LogP contribution in [0.3, 0.4) is 0 Å². The molecule has 9 heavy (non-hydrogen) atoms. The molecule has 0 N–H and O–H groups in total. The van der Waals surface area contributed by atoms with Gasteiger partial charge in [0, 0.05) is 0 Å². The summed E-state index contributed by atoms with van der Waals surface area (Å²) in [6, 6.07) is 0. The van der Waals surface area contributed by atoms with Crippen LogP contribution in [0.1, 0.15) is 6.92 Å². The Bertz CT molecular complexity index is 258. The predicted molar refractivity (Wildman–Crippen MR) is 32.9 cm³/mol. The second-order valence-electron chi connectivity index (χ2n) is 1.75. The maximum Gasteiger partial charge on any atom is 0.331 e. The van der Waals surface area contributed by atoms with Crippen LogP contribution in [-0.4, -0.2) is 8.42 Å². The summed E-state index contributed by atoms with van der Waals surface area (Å²) in [5, 5.41) is 1.08. The molecule has 50 valence electrons. The molecule has 0 spiro atoms. The van der Waals surface area contributed by atoms with E-state index in [-0.39, 0.29) is 0 Å². The van der Waals surface area contributed by atoms with Gasteiger partial charge in [0.15, 0.2) is 0 Å². The zero-order valence-electron chi connectivity index (χ0n) is 4.87. The van der Waals surface area contributed by atoms with Gasteiger partial charge in [0.2, 0.25) is 0 Å². The Balaban J connectivity index is 3.06. The first-order valence-electron chi connectivity index (χ1n) is 2.38. The van der Waals surface area contributed by atoms with Crippen molar-refractivity contribution < 1.29 is 12.6 Å². The summed E-state index contributed by atoms with van der Waals surface area (Å²) < 4.78 is 25.3. The van der Waals surface area contributed by atoms with Crippen LogP contribution in [0.2, 0.25) is 0 Å². The molecule has 0 radical (unpaired) electrons. The van der Waals surface area contributed by atoms with Crippen molar-refractivity contribution in [2.45, 2.75) is 6.92 Å². The van der Waals surface area contributed by atoms with E-state index in [1.54, 1.807) is 13.0 Å². The highest BCUT2D eigenvalue weighted by molar-refractivity contribution is 7.89. The monoisotopic (exact) mass is 146 g/mol. The Labute approximate surface area is 53.8 Å². The number of hydrogen-bond donors (Lipinski definition) is 0. The lowest BCUT2D eigenvalue weighted by Gasteiger charge is -2.01. The first kappa shape index (κ1) is 6.35. The Morgan fingerprint density at radius 2 is 2.22 bits per heavy atom. The van der Waals surface area contributed by atoms with Crippen molar-refractivity contribution >= 4 is 10.1 Å². The topological polar surface area (TPSA) is 43.4 Å². The van der Waals surface area contributed by atoms with Gasteiger partial charge in [-0.3, -0.25) is 0 Å². The maximum absolute atomic E-state index is 10.5. The van der Waals surface area contributed by atoms with E-state index in [2.05, 4.69) is 4.18 Å². The third kappa shape index (κ3) is 1.57. The third-order valence-electron chi connectivity index (χ3n) is 0.851. The van der Waals surface area contributed by atoms with Crippen LogP contribution >= 0.6 is 0 Å². The highest BCUT2D eigenvalue weighted by atomic mass is 32.2.